The van der Waals surface area contributed by atoms with E-state index in [1.807, 2.05) is 17.8 Å². The van der Waals surface area contributed by atoms with E-state index < -0.39 is 0 Å². The molecule has 0 saturated carbocycles. The highest BCUT2D eigenvalue weighted by atomic mass is 32.2. The van der Waals surface area contributed by atoms with E-state index in [1.165, 1.54) is 12.2 Å². The molecule has 0 bridgehead atoms. The van der Waals surface area contributed by atoms with E-state index in [4.69, 9.17) is 0 Å². The van der Waals surface area contributed by atoms with E-state index in [2.05, 4.69) is 13.5 Å². The summed E-state index contributed by atoms with van der Waals surface area (Å²) in [6, 6.07) is 0. The lowest BCUT2D eigenvalue weighted by atomic mass is 10.3. The van der Waals surface area contributed by atoms with E-state index >= 15 is 0 Å². The fraction of sp³-hybridized carbons (Fsp3) is 0.571. The number of thioether (sulfide) groups is 1. The average molecular weight is 129 g/mol. The number of rotatable bonds is 5. The Morgan fingerprint density at radius 3 is 2.75 bits per heavy atom. The van der Waals surface area contributed by atoms with Gasteiger partial charge in [0.05, 0.1) is 0 Å². The Hall–Kier alpha value is 0.0900. The molecular formula is C7H13S. The second-order valence-electron chi connectivity index (χ2n) is 1.54. The molecule has 0 rings (SSSR count). The van der Waals surface area contributed by atoms with Gasteiger partial charge in [-0.05, 0) is 31.3 Å². The molecule has 0 atom stereocenters. The third-order valence-corrected chi connectivity index (χ3v) is 1.71. The quantitative estimate of drug-likeness (QED) is 0.406. The molecule has 0 nitrogen and oxygen atoms in total. The zero-order valence-electron chi connectivity index (χ0n) is 5.23. The minimum atomic E-state index is 0.997. The molecule has 0 aromatic rings. The summed E-state index contributed by atoms with van der Waals surface area (Å²) in [5, 5.41) is 0. The van der Waals surface area contributed by atoms with Gasteiger partial charge in [-0.1, -0.05) is 6.08 Å². The van der Waals surface area contributed by atoms with Crippen LogP contribution in [0.3, 0.4) is 0 Å². The molecule has 0 aliphatic heterocycles. The second kappa shape index (κ2) is 7.09. The first-order valence-corrected chi connectivity index (χ1v) is 4.05. The van der Waals surface area contributed by atoms with Gasteiger partial charge in [-0.25, -0.2) is 0 Å². The van der Waals surface area contributed by atoms with Gasteiger partial charge in [0.25, 0.3) is 0 Å². The van der Waals surface area contributed by atoms with Crippen LogP contribution in [-0.2, 0) is 0 Å². The molecule has 0 aliphatic rings. The van der Waals surface area contributed by atoms with Gasteiger partial charge in [-0.2, -0.15) is 11.8 Å². The van der Waals surface area contributed by atoms with Gasteiger partial charge in [0.15, 0.2) is 0 Å². The molecule has 0 N–H and O–H groups in total. The summed E-state index contributed by atoms with van der Waals surface area (Å²) in [6.45, 7) is 7.35. The molecule has 0 aromatic carbocycles. The first-order valence-electron chi connectivity index (χ1n) is 2.89. The third-order valence-electron chi connectivity index (χ3n) is 0.841. The summed E-state index contributed by atoms with van der Waals surface area (Å²) in [5.74, 6) is 2.23. The highest BCUT2D eigenvalue weighted by Gasteiger charge is 1.81. The van der Waals surface area contributed by atoms with Crippen molar-refractivity contribution in [2.24, 2.45) is 0 Å². The van der Waals surface area contributed by atoms with Crippen LogP contribution in [-0.4, -0.2) is 11.5 Å². The standard InChI is InChI=1S/C7H13S/c1-3-5-6-7-8-4-2/h3H,1-2,4-7H2. The van der Waals surface area contributed by atoms with Crippen molar-refractivity contribution in [3.8, 4) is 0 Å². The Bertz CT molecular complexity index is 50.3. The van der Waals surface area contributed by atoms with Crippen LogP contribution < -0.4 is 0 Å². The van der Waals surface area contributed by atoms with Gasteiger partial charge in [0.2, 0.25) is 0 Å². The molecule has 0 aromatic heterocycles. The van der Waals surface area contributed by atoms with Crippen LogP contribution >= 0.6 is 11.8 Å². The molecular weight excluding hydrogens is 116 g/mol. The maximum atomic E-state index is 3.72. The molecule has 0 saturated heterocycles. The van der Waals surface area contributed by atoms with Crippen LogP contribution in [0.4, 0.5) is 0 Å². The van der Waals surface area contributed by atoms with E-state index in [9.17, 15) is 0 Å². The van der Waals surface area contributed by atoms with Gasteiger partial charge < -0.3 is 0 Å². The van der Waals surface area contributed by atoms with Gasteiger partial charge >= 0.3 is 0 Å². The Morgan fingerprint density at radius 1 is 1.50 bits per heavy atom. The number of allylic oxidation sites excluding steroid dienone is 1. The summed E-state index contributed by atoms with van der Waals surface area (Å²) >= 11 is 1.89. The SMILES string of the molecule is [CH2]CSCCCC=C. The first kappa shape index (κ1) is 8.09. The monoisotopic (exact) mass is 129 g/mol. The van der Waals surface area contributed by atoms with Gasteiger partial charge in [0, 0.05) is 0 Å². The van der Waals surface area contributed by atoms with Crippen molar-refractivity contribution in [2.75, 3.05) is 11.5 Å². The molecule has 8 heavy (non-hydrogen) atoms. The smallest absolute Gasteiger partial charge is 0.00646 e. The fourth-order valence-corrected chi connectivity index (χ4v) is 1.01. The maximum absolute atomic E-state index is 3.72. The molecule has 0 aliphatic carbocycles. The van der Waals surface area contributed by atoms with Crippen molar-refractivity contribution in [3.05, 3.63) is 19.6 Å². The fourth-order valence-electron chi connectivity index (χ4n) is 0.432. The molecule has 0 fully saturated rings. The summed E-state index contributed by atoms with van der Waals surface area (Å²) in [7, 11) is 0. The lowest BCUT2D eigenvalue weighted by Gasteiger charge is -1.92. The van der Waals surface area contributed by atoms with Crippen LogP contribution in [0.25, 0.3) is 0 Å². The topological polar surface area (TPSA) is 0 Å². The maximum Gasteiger partial charge on any atom is -0.00646 e. The molecule has 1 heteroatoms. The van der Waals surface area contributed by atoms with Crippen molar-refractivity contribution >= 4 is 11.8 Å². The zero-order chi connectivity index (χ0) is 6.24. The van der Waals surface area contributed by atoms with E-state index in [-0.39, 0.29) is 0 Å². The molecule has 0 heterocycles. The van der Waals surface area contributed by atoms with Gasteiger partial charge in [-0.3, -0.25) is 0 Å². The lowest BCUT2D eigenvalue weighted by molar-refractivity contribution is 0.975. The third kappa shape index (κ3) is 6.09. The molecule has 0 amide bonds. The van der Waals surface area contributed by atoms with E-state index in [1.54, 1.807) is 0 Å². The number of hydrogen-bond donors (Lipinski definition) is 0. The van der Waals surface area contributed by atoms with Crippen LogP contribution in [0.1, 0.15) is 12.8 Å². The van der Waals surface area contributed by atoms with Gasteiger partial charge in [0.1, 0.15) is 0 Å². The van der Waals surface area contributed by atoms with Gasteiger partial charge in [-0.15, -0.1) is 6.58 Å². The van der Waals surface area contributed by atoms with Crippen molar-refractivity contribution in [2.45, 2.75) is 12.8 Å². The molecule has 47 valence electrons. The first-order chi connectivity index (χ1) is 3.91. The predicted octanol–water partition coefficient (Wildman–Crippen LogP) is 2.52. The van der Waals surface area contributed by atoms with Crippen LogP contribution in [0.15, 0.2) is 12.7 Å². The van der Waals surface area contributed by atoms with E-state index in [0.717, 1.165) is 12.2 Å². The normalized spacial score (nSPS) is 9.12. The Balaban J connectivity index is 2.62. The molecule has 0 unspecified atom stereocenters. The van der Waals surface area contributed by atoms with E-state index in [0.29, 0.717) is 0 Å². The average Bonchev–Trinajstić information content (AvgIpc) is 1.81. The second-order valence-corrected chi connectivity index (χ2v) is 2.77. The van der Waals surface area contributed by atoms with Crippen LogP contribution in [0.5, 0.6) is 0 Å². The summed E-state index contributed by atoms with van der Waals surface area (Å²) in [6.07, 6.45) is 4.36. The highest BCUT2D eigenvalue weighted by Crippen LogP contribution is 2.02. The number of hydrogen-bond acceptors (Lipinski definition) is 1. The van der Waals surface area contributed by atoms with Crippen LogP contribution in [0, 0.1) is 6.92 Å². The summed E-state index contributed by atoms with van der Waals surface area (Å²) < 4.78 is 0. The Labute approximate surface area is 56.4 Å². The molecule has 1 radical (unpaired) electrons. The summed E-state index contributed by atoms with van der Waals surface area (Å²) in [5.41, 5.74) is 0. The lowest BCUT2D eigenvalue weighted by Crippen LogP contribution is -1.77. The minimum absolute atomic E-state index is 0.997. The van der Waals surface area contributed by atoms with Crippen molar-refractivity contribution in [1.29, 1.82) is 0 Å². The Kier molecular flexibility index (Phi) is 7.17. The van der Waals surface area contributed by atoms with Crippen molar-refractivity contribution < 1.29 is 0 Å². The highest BCUT2D eigenvalue weighted by molar-refractivity contribution is 7.99. The van der Waals surface area contributed by atoms with Crippen molar-refractivity contribution in [1.82, 2.24) is 0 Å². The summed E-state index contributed by atoms with van der Waals surface area (Å²) in [4.78, 5) is 0. The zero-order valence-corrected chi connectivity index (χ0v) is 6.04. The van der Waals surface area contributed by atoms with Crippen LogP contribution in [0.2, 0.25) is 0 Å². The van der Waals surface area contributed by atoms with Crippen molar-refractivity contribution in [3.63, 3.8) is 0 Å². The minimum Gasteiger partial charge on any atom is -0.162 e. The predicted molar refractivity (Wildman–Crippen MR) is 42.1 cm³/mol. The molecule has 0 spiro atoms. The number of unbranched alkanes of at least 4 members (excludes halogenated alkanes) is 1. The Morgan fingerprint density at radius 2 is 2.25 bits per heavy atom. The largest absolute Gasteiger partial charge is 0.162 e.